The minimum Gasteiger partial charge on any atom is -0.393 e. The van der Waals surface area contributed by atoms with E-state index in [0.717, 1.165) is 19.4 Å². The maximum atomic E-state index is 9.11. The molecule has 0 fully saturated rings. The number of rotatable bonds is 7. The SMILES string of the molecule is CCNc1nc(Cl)nc(NCCCC(C)O)n1. The first-order chi connectivity index (χ1) is 8.11. The molecule has 0 spiro atoms. The Morgan fingerprint density at radius 2 is 1.88 bits per heavy atom. The Bertz CT molecular complexity index is 347. The summed E-state index contributed by atoms with van der Waals surface area (Å²) in [5, 5.41) is 15.3. The van der Waals surface area contributed by atoms with Crippen LogP contribution in [0.5, 0.6) is 0 Å². The summed E-state index contributed by atoms with van der Waals surface area (Å²) < 4.78 is 0. The van der Waals surface area contributed by atoms with Crippen molar-refractivity contribution in [3.05, 3.63) is 5.28 Å². The molecular formula is C10H18ClN5O. The number of anilines is 2. The van der Waals surface area contributed by atoms with E-state index in [1.807, 2.05) is 6.92 Å². The van der Waals surface area contributed by atoms with Gasteiger partial charge in [-0.3, -0.25) is 0 Å². The maximum Gasteiger partial charge on any atom is 0.228 e. The average Bonchev–Trinajstić information content (AvgIpc) is 2.24. The lowest BCUT2D eigenvalue weighted by atomic mass is 10.2. The molecule has 0 aromatic carbocycles. The van der Waals surface area contributed by atoms with Crippen LogP contribution in [0.2, 0.25) is 5.28 Å². The van der Waals surface area contributed by atoms with Crippen molar-refractivity contribution < 1.29 is 5.11 Å². The highest BCUT2D eigenvalue weighted by Gasteiger charge is 2.03. The monoisotopic (exact) mass is 259 g/mol. The number of hydrogen-bond acceptors (Lipinski definition) is 6. The Morgan fingerprint density at radius 3 is 2.47 bits per heavy atom. The third-order valence-corrected chi connectivity index (χ3v) is 2.19. The van der Waals surface area contributed by atoms with Gasteiger partial charge in [-0.1, -0.05) is 0 Å². The zero-order valence-corrected chi connectivity index (χ0v) is 10.8. The Morgan fingerprint density at radius 1 is 1.24 bits per heavy atom. The molecule has 1 aromatic rings. The van der Waals surface area contributed by atoms with Crippen LogP contribution in [0.3, 0.4) is 0 Å². The van der Waals surface area contributed by atoms with Crippen molar-refractivity contribution in [1.82, 2.24) is 15.0 Å². The number of hydrogen-bond donors (Lipinski definition) is 3. The normalized spacial score (nSPS) is 12.2. The van der Waals surface area contributed by atoms with Gasteiger partial charge in [-0.2, -0.15) is 15.0 Å². The highest BCUT2D eigenvalue weighted by molar-refractivity contribution is 6.28. The van der Waals surface area contributed by atoms with Crippen LogP contribution in [-0.2, 0) is 0 Å². The maximum absolute atomic E-state index is 9.11. The van der Waals surface area contributed by atoms with Gasteiger partial charge in [0.2, 0.25) is 17.2 Å². The first-order valence-electron chi connectivity index (χ1n) is 5.69. The van der Waals surface area contributed by atoms with Crippen LogP contribution < -0.4 is 10.6 Å². The third-order valence-electron chi connectivity index (χ3n) is 2.02. The molecule has 1 unspecified atom stereocenters. The minimum atomic E-state index is -0.281. The summed E-state index contributed by atoms with van der Waals surface area (Å²) in [5.74, 6) is 0.914. The molecule has 0 bridgehead atoms. The second kappa shape index (κ2) is 7.24. The fourth-order valence-electron chi connectivity index (χ4n) is 1.26. The van der Waals surface area contributed by atoms with E-state index < -0.39 is 0 Å². The molecule has 0 saturated carbocycles. The van der Waals surface area contributed by atoms with Gasteiger partial charge in [-0.05, 0) is 38.3 Å². The predicted octanol–water partition coefficient (Wildman–Crippen LogP) is 1.53. The average molecular weight is 260 g/mol. The first-order valence-corrected chi connectivity index (χ1v) is 6.07. The van der Waals surface area contributed by atoms with E-state index in [4.69, 9.17) is 16.7 Å². The van der Waals surface area contributed by atoms with Crippen LogP contribution in [-0.4, -0.2) is 39.3 Å². The summed E-state index contributed by atoms with van der Waals surface area (Å²) >= 11 is 5.77. The minimum absolute atomic E-state index is 0.161. The Hall–Kier alpha value is -1.14. The van der Waals surface area contributed by atoms with Crippen LogP contribution in [0.1, 0.15) is 26.7 Å². The molecule has 7 heteroatoms. The highest BCUT2D eigenvalue weighted by atomic mass is 35.5. The van der Waals surface area contributed by atoms with Crippen LogP contribution >= 0.6 is 11.6 Å². The molecule has 1 aromatic heterocycles. The van der Waals surface area contributed by atoms with Gasteiger partial charge >= 0.3 is 0 Å². The molecule has 1 heterocycles. The van der Waals surface area contributed by atoms with Crippen LogP contribution in [0.25, 0.3) is 0 Å². The van der Waals surface area contributed by atoms with Gasteiger partial charge in [-0.15, -0.1) is 0 Å². The Labute approximate surface area is 106 Å². The van der Waals surface area contributed by atoms with Crippen molar-refractivity contribution in [2.45, 2.75) is 32.8 Å². The molecule has 0 aliphatic rings. The first kappa shape index (κ1) is 13.9. The van der Waals surface area contributed by atoms with Gasteiger partial charge in [0.05, 0.1) is 6.10 Å². The molecule has 0 aliphatic heterocycles. The number of aromatic nitrogens is 3. The predicted molar refractivity (Wildman–Crippen MR) is 68.4 cm³/mol. The van der Waals surface area contributed by atoms with E-state index in [-0.39, 0.29) is 11.4 Å². The van der Waals surface area contributed by atoms with Crippen LogP contribution in [0, 0.1) is 0 Å². The second-order valence-corrected chi connectivity index (χ2v) is 4.04. The zero-order valence-electron chi connectivity index (χ0n) is 10.1. The molecule has 3 N–H and O–H groups in total. The molecule has 0 radical (unpaired) electrons. The van der Waals surface area contributed by atoms with Crippen molar-refractivity contribution in [1.29, 1.82) is 0 Å². The number of aliphatic hydroxyl groups is 1. The second-order valence-electron chi connectivity index (χ2n) is 3.70. The van der Waals surface area contributed by atoms with E-state index in [0.29, 0.717) is 18.4 Å². The van der Waals surface area contributed by atoms with E-state index >= 15 is 0 Å². The van der Waals surface area contributed by atoms with E-state index in [2.05, 4.69) is 25.6 Å². The van der Waals surface area contributed by atoms with Crippen LogP contribution in [0.15, 0.2) is 0 Å². The van der Waals surface area contributed by atoms with Gasteiger partial charge in [0, 0.05) is 13.1 Å². The summed E-state index contributed by atoms with van der Waals surface area (Å²) in [6, 6.07) is 0. The van der Waals surface area contributed by atoms with Crippen molar-refractivity contribution in [3.8, 4) is 0 Å². The molecule has 17 heavy (non-hydrogen) atoms. The molecule has 0 saturated heterocycles. The van der Waals surface area contributed by atoms with Crippen molar-refractivity contribution >= 4 is 23.5 Å². The van der Waals surface area contributed by atoms with Crippen molar-refractivity contribution in [2.75, 3.05) is 23.7 Å². The van der Waals surface area contributed by atoms with Gasteiger partial charge < -0.3 is 15.7 Å². The largest absolute Gasteiger partial charge is 0.393 e. The molecule has 0 aliphatic carbocycles. The number of nitrogens with one attached hydrogen (secondary N) is 2. The fourth-order valence-corrected chi connectivity index (χ4v) is 1.42. The standard InChI is InChI=1S/C10H18ClN5O/c1-3-12-9-14-8(11)15-10(16-9)13-6-4-5-7(2)17/h7,17H,3-6H2,1-2H3,(H2,12,13,14,15,16). The number of aliphatic hydroxyl groups excluding tert-OH is 1. The smallest absolute Gasteiger partial charge is 0.228 e. The summed E-state index contributed by atoms with van der Waals surface area (Å²) in [4.78, 5) is 12.0. The fraction of sp³-hybridized carbons (Fsp3) is 0.700. The molecule has 6 nitrogen and oxygen atoms in total. The van der Waals surface area contributed by atoms with Gasteiger partial charge in [0.25, 0.3) is 0 Å². The lowest BCUT2D eigenvalue weighted by Gasteiger charge is -2.08. The topological polar surface area (TPSA) is 83.0 Å². The van der Waals surface area contributed by atoms with E-state index in [1.165, 1.54) is 0 Å². The summed E-state index contributed by atoms with van der Waals surface area (Å²) in [6.07, 6.45) is 1.31. The molecule has 1 rings (SSSR count). The van der Waals surface area contributed by atoms with Crippen molar-refractivity contribution in [2.24, 2.45) is 0 Å². The Balaban J connectivity index is 2.46. The number of nitrogens with zero attached hydrogens (tertiary/aromatic N) is 3. The van der Waals surface area contributed by atoms with Gasteiger partial charge in [0.15, 0.2) is 0 Å². The lowest BCUT2D eigenvalue weighted by molar-refractivity contribution is 0.183. The summed E-state index contributed by atoms with van der Waals surface area (Å²) in [6.45, 7) is 5.13. The Kier molecular flexibility index (Phi) is 5.93. The molecular weight excluding hydrogens is 242 g/mol. The number of halogens is 1. The van der Waals surface area contributed by atoms with E-state index in [1.54, 1.807) is 6.92 Å². The lowest BCUT2D eigenvalue weighted by Crippen LogP contribution is -2.11. The third kappa shape index (κ3) is 5.65. The van der Waals surface area contributed by atoms with Crippen LogP contribution in [0.4, 0.5) is 11.9 Å². The van der Waals surface area contributed by atoms with Crippen molar-refractivity contribution in [3.63, 3.8) is 0 Å². The highest BCUT2D eigenvalue weighted by Crippen LogP contribution is 2.09. The van der Waals surface area contributed by atoms with Gasteiger partial charge in [0.1, 0.15) is 0 Å². The van der Waals surface area contributed by atoms with Gasteiger partial charge in [-0.25, -0.2) is 0 Å². The molecule has 96 valence electrons. The molecule has 1 atom stereocenters. The molecule has 0 amide bonds. The summed E-state index contributed by atoms with van der Waals surface area (Å²) in [5.41, 5.74) is 0. The zero-order chi connectivity index (χ0) is 12.7. The van der Waals surface area contributed by atoms with E-state index in [9.17, 15) is 0 Å². The summed E-state index contributed by atoms with van der Waals surface area (Å²) in [7, 11) is 0. The quantitative estimate of drug-likeness (QED) is 0.644.